The highest BCUT2D eigenvalue weighted by atomic mass is 16.5. The number of aromatic nitrogens is 1. The Morgan fingerprint density at radius 2 is 1.85 bits per heavy atom. The van der Waals surface area contributed by atoms with E-state index in [0.717, 1.165) is 65.8 Å². The second-order valence-electron chi connectivity index (χ2n) is 8.87. The van der Waals surface area contributed by atoms with Crippen LogP contribution in [0.3, 0.4) is 0 Å². The highest BCUT2D eigenvalue weighted by molar-refractivity contribution is 6.07. The molecule has 0 aliphatic carbocycles. The zero-order valence-corrected chi connectivity index (χ0v) is 19.2. The predicted octanol–water partition coefficient (Wildman–Crippen LogP) is 4.14. The van der Waals surface area contributed by atoms with Gasteiger partial charge in [0.1, 0.15) is 0 Å². The van der Waals surface area contributed by atoms with Gasteiger partial charge in [-0.2, -0.15) is 0 Å². The lowest BCUT2D eigenvalue weighted by atomic mass is 9.95. The Hall–Kier alpha value is -3.25. The molecule has 3 heterocycles. The topological polar surface area (TPSA) is 62.7 Å². The normalized spacial score (nSPS) is 16.4. The lowest BCUT2D eigenvalue weighted by molar-refractivity contribution is -0.126. The summed E-state index contributed by atoms with van der Waals surface area (Å²) in [5.74, 6) is -0.635. The molecular weight excluding hydrogens is 414 g/mol. The molecule has 0 N–H and O–H groups in total. The van der Waals surface area contributed by atoms with E-state index in [2.05, 4.69) is 11.8 Å². The number of anilines is 1. The zero-order valence-electron chi connectivity index (χ0n) is 19.2. The summed E-state index contributed by atoms with van der Waals surface area (Å²) in [5.41, 5.74) is 5.30. The molecule has 2 aliphatic heterocycles. The van der Waals surface area contributed by atoms with E-state index in [1.165, 1.54) is 0 Å². The van der Waals surface area contributed by atoms with E-state index in [9.17, 15) is 9.59 Å². The first-order chi connectivity index (χ1) is 16.1. The van der Waals surface area contributed by atoms with Gasteiger partial charge in [0.15, 0.2) is 6.10 Å². The van der Waals surface area contributed by atoms with Crippen LogP contribution in [0.4, 0.5) is 5.69 Å². The number of carbonyl (C=O) groups is 2. The molecule has 33 heavy (non-hydrogen) atoms. The number of esters is 1. The van der Waals surface area contributed by atoms with Crippen LogP contribution in [-0.2, 0) is 28.9 Å². The van der Waals surface area contributed by atoms with Crippen molar-refractivity contribution in [3.05, 3.63) is 70.9 Å². The van der Waals surface area contributed by atoms with Gasteiger partial charge in [0, 0.05) is 48.4 Å². The molecule has 0 bridgehead atoms. The van der Waals surface area contributed by atoms with Crippen molar-refractivity contribution >= 4 is 28.5 Å². The van der Waals surface area contributed by atoms with Gasteiger partial charge in [0.2, 0.25) is 0 Å². The minimum Gasteiger partial charge on any atom is -0.449 e. The van der Waals surface area contributed by atoms with Crippen molar-refractivity contribution in [3.8, 4) is 0 Å². The maximum atomic E-state index is 13.5. The zero-order chi connectivity index (χ0) is 22.9. The largest absolute Gasteiger partial charge is 0.449 e. The Morgan fingerprint density at radius 1 is 1.06 bits per heavy atom. The molecule has 0 fully saturated rings. The van der Waals surface area contributed by atoms with Crippen molar-refractivity contribution in [2.75, 3.05) is 24.5 Å². The number of para-hydroxylation sites is 2. The summed E-state index contributed by atoms with van der Waals surface area (Å²) in [6.45, 7) is 7.02. The average molecular weight is 444 g/mol. The number of pyridine rings is 1. The molecule has 2 aromatic carbocycles. The number of amides is 1. The van der Waals surface area contributed by atoms with Crippen molar-refractivity contribution in [3.63, 3.8) is 0 Å². The number of ether oxygens (including phenoxy) is 1. The van der Waals surface area contributed by atoms with Crippen LogP contribution in [0.15, 0.2) is 48.5 Å². The van der Waals surface area contributed by atoms with E-state index in [-0.39, 0.29) is 5.91 Å². The molecule has 6 nitrogen and oxygen atoms in total. The van der Waals surface area contributed by atoms with Crippen LogP contribution in [0.2, 0.25) is 0 Å². The first-order valence-corrected chi connectivity index (χ1v) is 11.8. The van der Waals surface area contributed by atoms with E-state index >= 15 is 0 Å². The second kappa shape index (κ2) is 8.94. The molecule has 0 saturated carbocycles. The van der Waals surface area contributed by atoms with E-state index in [0.29, 0.717) is 18.7 Å². The minimum atomic E-state index is -0.874. The highest BCUT2D eigenvalue weighted by Gasteiger charge is 2.32. The molecule has 0 spiro atoms. The number of benzene rings is 2. The smallest absolute Gasteiger partial charge is 0.339 e. The van der Waals surface area contributed by atoms with E-state index in [1.54, 1.807) is 11.8 Å². The predicted molar refractivity (Wildman–Crippen MR) is 128 cm³/mol. The summed E-state index contributed by atoms with van der Waals surface area (Å²) < 4.78 is 5.82. The summed E-state index contributed by atoms with van der Waals surface area (Å²) in [6, 6.07) is 15.6. The number of carbonyl (C=O) groups excluding carboxylic acids is 2. The number of hydrogen-bond donors (Lipinski definition) is 0. The standard InChI is InChI=1S/C27H29N3O3/c1-3-14-29-15-13-23-21(17-29)25(20-9-5-6-10-22(20)28-23)27(32)33-18(2)26(31)30-16-12-19-8-4-7-11-24(19)30/h4-11,18H,3,12-17H2,1-2H3. The van der Waals surface area contributed by atoms with Crippen molar-refractivity contribution in [1.29, 1.82) is 0 Å². The third-order valence-electron chi connectivity index (χ3n) is 6.65. The third-order valence-corrected chi connectivity index (χ3v) is 6.65. The van der Waals surface area contributed by atoms with Crippen molar-refractivity contribution in [2.45, 2.75) is 45.8 Å². The van der Waals surface area contributed by atoms with Crippen LogP contribution in [-0.4, -0.2) is 47.5 Å². The van der Waals surface area contributed by atoms with Gasteiger partial charge in [-0.15, -0.1) is 0 Å². The minimum absolute atomic E-state index is 0.187. The molecule has 1 amide bonds. The fourth-order valence-electron chi connectivity index (χ4n) is 5.04. The van der Waals surface area contributed by atoms with Gasteiger partial charge in [-0.3, -0.25) is 14.7 Å². The Kier molecular flexibility index (Phi) is 5.85. The van der Waals surface area contributed by atoms with Crippen LogP contribution < -0.4 is 4.90 Å². The van der Waals surface area contributed by atoms with Crippen molar-refractivity contribution < 1.29 is 14.3 Å². The Morgan fingerprint density at radius 3 is 2.70 bits per heavy atom. The van der Waals surface area contributed by atoms with Crippen LogP contribution >= 0.6 is 0 Å². The third kappa shape index (κ3) is 4.00. The van der Waals surface area contributed by atoms with Gasteiger partial charge in [0.05, 0.1) is 11.1 Å². The molecular formula is C27H29N3O3. The van der Waals surface area contributed by atoms with Gasteiger partial charge in [0.25, 0.3) is 5.91 Å². The fraction of sp³-hybridized carbons (Fsp3) is 0.370. The summed E-state index contributed by atoms with van der Waals surface area (Å²) >= 11 is 0. The lowest BCUT2D eigenvalue weighted by Gasteiger charge is -2.30. The van der Waals surface area contributed by atoms with Crippen molar-refractivity contribution in [2.24, 2.45) is 0 Å². The maximum absolute atomic E-state index is 13.5. The second-order valence-corrected chi connectivity index (χ2v) is 8.87. The molecule has 3 aromatic rings. The average Bonchev–Trinajstić information content (AvgIpc) is 3.26. The first-order valence-electron chi connectivity index (χ1n) is 11.8. The quantitative estimate of drug-likeness (QED) is 0.555. The number of nitrogens with zero attached hydrogens (tertiary/aromatic N) is 3. The van der Waals surface area contributed by atoms with Crippen LogP contribution in [0.1, 0.15) is 47.4 Å². The van der Waals surface area contributed by atoms with Gasteiger partial charge >= 0.3 is 5.97 Å². The first kappa shape index (κ1) is 21.6. The molecule has 0 radical (unpaired) electrons. The number of fused-ring (bicyclic) bond motifs is 3. The molecule has 170 valence electrons. The van der Waals surface area contributed by atoms with Crippen molar-refractivity contribution in [1.82, 2.24) is 9.88 Å². The number of rotatable bonds is 5. The summed E-state index contributed by atoms with van der Waals surface area (Å²) in [4.78, 5) is 35.7. The molecule has 1 aromatic heterocycles. The Balaban J connectivity index is 1.45. The van der Waals surface area contributed by atoms with Gasteiger partial charge in [-0.1, -0.05) is 43.3 Å². The van der Waals surface area contributed by atoms with Gasteiger partial charge in [-0.25, -0.2) is 4.79 Å². The molecule has 6 heteroatoms. The summed E-state index contributed by atoms with van der Waals surface area (Å²) in [5, 5.41) is 0.783. The molecule has 5 rings (SSSR count). The molecule has 1 atom stereocenters. The molecule has 1 unspecified atom stereocenters. The van der Waals surface area contributed by atoms with E-state index in [4.69, 9.17) is 9.72 Å². The SMILES string of the molecule is CCCN1CCc2nc3ccccc3c(C(=O)OC(C)C(=O)N3CCc4ccccc43)c2C1. The Labute approximate surface area is 194 Å². The Bertz CT molecular complexity index is 1220. The molecule has 2 aliphatic rings. The van der Waals surface area contributed by atoms with Crippen LogP contribution in [0.25, 0.3) is 10.9 Å². The highest BCUT2D eigenvalue weighted by Crippen LogP contribution is 2.31. The maximum Gasteiger partial charge on any atom is 0.339 e. The van der Waals surface area contributed by atoms with Crippen LogP contribution in [0.5, 0.6) is 0 Å². The fourth-order valence-corrected chi connectivity index (χ4v) is 5.04. The number of hydrogen-bond acceptors (Lipinski definition) is 5. The van der Waals surface area contributed by atoms with Gasteiger partial charge in [-0.05, 0) is 44.0 Å². The monoisotopic (exact) mass is 443 g/mol. The van der Waals surface area contributed by atoms with E-state index in [1.807, 2.05) is 48.5 Å². The molecule has 0 saturated heterocycles. The lowest BCUT2D eigenvalue weighted by Crippen LogP contribution is -2.39. The summed E-state index contributed by atoms with van der Waals surface area (Å²) in [7, 11) is 0. The van der Waals surface area contributed by atoms with E-state index < -0.39 is 12.1 Å². The summed E-state index contributed by atoms with van der Waals surface area (Å²) in [6.07, 6.45) is 1.80. The van der Waals surface area contributed by atoms with Crippen LogP contribution in [0, 0.1) is 0 Å². The van der Waals surface area contributed by atoms with Gasteiger partial charge < -0.3 is 9.64 Å².